The van der Waals surface area contributed by atoms with Gasteiger partial charge in [-0.05, 0) is 32.1 Å². The van der Waals surface area contributed by atoms with Gasteiger partial charge in [-0.2, -0.15) is 0 Å². The zero-order chi connectivity index (χ0) is 43.0. The Morgan fingerprint density at radius 2 is 1.02 bits per heavy atom. The van der Waals surface area contributed by atoms with Crippen LogP contribution >= 0.6 is 7.82 Å². The first-order valence-electron chi connectivity index (χ1n) is 22.9. The van der Waals surface area contributed by atoms with E-state index in [4.69, 9.17) is 9.05 Å². The van der Waals surface area contributed by atoms with E-state index >= 15 is 0 Å². The number of aliphatic hydroxyl groups excluding tert-OH is 7. The second kappa shape index (κ2) is 34.4. The van der Waals surface area contributed by atoms with Gasteiger partial charge in [0.2, 0.25) is 5.91 Å². The summed E-state index contributed by atoms with van der Waals surface area (Å²) in [4.78, 5) is 23.4. The van der Waals surface area contributed by atoms with Crippen molar-refractivity contribution < 1.29 is 59.0 Å². The third-order valence-corrected chi connectivity index (χ3v) is 12.0. The van der Waals surface area contributed by atoms with Crippen LogP contribution in [0.5, 0.6) is 0 Å². The van der Waals surface area contributed by atoms with Crippen LogP contribution in [0.2, 0.25) is 0 Å². The third-order valence-electron chi connectivity index (χ3n) is 11.0. The van der Waals surface area contributed by atoms with Gasteiger partial charge in [0, 0.05) is 0 Å². The van der Waals surface area contributed by atoms with Gasteiger partial charge in [-0.15, -0.1) is 0 Å². The number of aliphatic hydroxyl groups is 7. The maximum atomic E-state index is 12.9. The minimum atomic E-state index is -5.14. The number of allylic oxidation sites excluding steroid dienone is 3. The summed E-state index contributed by atoms with van der Waals surface area (Å²) in [7, 11) is -5.14. The van der Waals surface area contributed by atoms with Crippen molar-refractivity contribution in [3.8, 4) is 0 Å². The second-order valence-electron chi connectivity index (χ2n) is 16.4. The van der Waals surface area contributed by atoms with Crippen molar-refractivity contribution in [1.82, 2.24) is 5.32 Å². The van der Waals surface area contributed by atoms with Gasteiger partial charge in [-0.1, -0.05) is 173 Å². The van der Waals surface area contributed by atoms with E-state index in [0.717, 1.165) is 44.9 Å². The van der Waals surface area contributed by atoms with Crippen LogP contribution in [0.15, 0.2) is 24.3 Å². The fraction of sp³-hybridized carbons (Fsp3) is 0.886. The maximum Gasteiger partial charge on any atom is 0.472 e. The molecule has 8 unspecified atom stereocenters. The molecule has 1 saturated carbocycles. The monoisotopic (exact) mass is 850 g/mol. The molecule has 0 aromatic heterocycles. The fourth-order valence-electron chi connectivity index (χ4n) is 7.26. The number of nitrogens with one attached hydrogen (secondary N) is 1. The molecule has 0 radical (unpaired) electrons. The van der Waals surface area contributed by atoms with E-state index in [1.165, 1.54) is 115 Å². The van der Waals surface area contributed by atoms with Crippen molar-refractivity contribution in [2.45, 2.75) is 242 Å². The number of hydrogen-bond donors (Lipinski definition) is 9. The Hall–Kier alpha value is -1.22. The van der Waals surface area contributed by atoms with Crippen LogP contribution in [-0.2, 0) is 18.4 Å². The van der Waals surface area contributed by atoms with E-state index in [9.17, 15) is 50.0 Å². The highest BCUT2D eigenvalue weighted by Crippen LogP contribution is 2.47. The molecule has 1 amide bonds. The lowest BCUT2D eigenvalue weighted by Crippen LogP contribution is -2.64. The molecule has 342 valence electrons. The molecule has 0 aliphatic heterocycles. The standard InChI is InChI=1S/C44H84NO12P/c1-3-5-7-9-11-13-15-16-17-18-19-20-21-22-24-26-28-30-32-37(47)36(34-56-58(54,55)57-44-42(52)40(50)39(49)41(51)43(44)53)45-38(48)33-35(46)31-29-27-25-23-14-12-10-8-6-4-2/h22,24,30,32,35-37,39-44,46-47,49-53H,3-21,23,25-29,31,33-34H2,1-2H3,(H,45,48)(H,54,55)/b24-22+,32-30+. The van der Waals surface area contributed by atoms with Gasteiger partial charge >= 0.3 is 7.82 Å². The Balaban J connectivity index is 2.59. The molecule has 0 saturated heterocycles. The molecule has 1 aliphatic carbocycles. The molecule has 9 N–H and O–H groups in total. The van der Waals surface area contributed by atoms with Crippen molar-refractivity contribution in [2.75, 3.05) is 6.61 Å². The van der Waals surface area contributed by atoms with E-state index in [1.807, 2.05) is 0 Å². The van der Waals surface area contributed by atoms with E-state index < -0.39 is 75.2 Å². The Kier molecular flexibility index (Phi) is 32.5. The van der Waals surface area contributed by atoms with Crippen LogP contribution in [-0.4, -0.2) is 108 Å². The van der Waals surface area contributed by atoms with Crippen LogP contribution in [0.4, 0.5) is 0 Å². The Bertz CT molecular complexity index is 1100. The second-order valence-corrected chi connectivity index (χ2v) is 17.8. The van der Waals surface area contributed by atoms with Gasteiger partial charge in [0.25, 0.3) is 0 Å². The maximum absolute atomic E-state index is 12.9. The lowest BCUT2D eigenvalue weighted by molar-refractivity contribution is -0.220. The summed E-state index contributed by atoms with van der Waals surface area (Å²) in [6, 6.07) is -1.25. The Morgan fingerprint density at radius 3 is 1.52 bits per heavy atom. The molecular weight excluding hydrogens is 765 g/mol. The number of unbranched alkanes of at least 4 members (excludes halogenated alkanes) is 22. The number of carbonyl (C=O) groups is 1. The van der Waals surface area contributed by atoms with Gasteiger partial charge in [0.1, 0.15) is 36.6 Å². The van der Waals surface area contributed by atoms with Gasteiger partial charge in [0.15, 0.2) is 0 Å². The van der Waals surface area contributed by atoms with Crippen LogP contribution in [0, 0.1) is 0 Å². The van der Waals surface area contributed by atoms with Crippen molar-refractivity contribution in [3.05, 3.63) is 24.3 Å². The molecule has 1 rings (SSSR count). The zero-order valence-electron chi connectivity index (χ0n) is 36.0. The minimum absolute atomic E-state index is 0.250. The summed E-state index contributed by atoms with van der Waals surface area (Å²) in [5.74, 6) is -0.603. The van der Waals surface area contributed by atoms with Gasteiger partial charge in [0.05, 0.1) is 31.3 Å². The Morgan fingerprint density at radius 1 is 0.603 bits per heavy atom. The molecule has 0 spiro atoms. The van der Waals surface area contributed by atoms with Crippen molar-refractivity contribution in [2.24, 2.45) is 0 Å². The zero-order valence-corrected chi connectivity index (χ0v) is 36.9. The topological polar surface area (TPSA) is 226 Å². The van der Waals surface area contributed by atoms with Crippen LogP contribution < -0.4 is 5.32 Å². The molecule has 0 heterocycles. The molecular formula is C44H84NO12P. The third kappa shape index (κ3) is 26.2. The first kappa shape index (κ1) is 54.8. The number of hydrogen-bond acceptors (Lipinski definition) is 11. The molecule has 0 aromatic rings. The van der Waals surface area contributed by atoms with E-state index in [0.29, 0.717) is 12.8 Å². The molecule has 1 fully saturated rings. The highest BCUT2D eigenvalue weighted by atomic mass is 31.2. The van der Waals surface area contributed by atoms with Crippen LogP contribution in [0.25, 0.3) is 0 Å². The van der Waals surface area contributed by atoms with Gasteiger partial charge in [-0.3, -0.25) is 13.8 Å². The van der Waals surface area contributed by atoms with Crippen molar-refractivity contribution in [3.63, 3.8) is 0 Å². The number of phosphoric ester groups is 1. The molecule has 13 nitrogen and oxygen atoms in total. The van der Waals surface area contributed by atoms with Gasteiger partial charge < -0.3 is 46.0 Å². The largest absolute Gasteiger partial charge is 0.472 e. The SMILES string of the molecule is CCCCCCCCCCCCCC/C=C/CC/C=C/C(O)C(COP(=O)(O)OC1C(O)C(O)C(O)C(O)C1O)NC(=O)CC(O)CCCCCCCCCCCC. The summed E-state index contributed by atoms with van der Waals surface area (Å²) in [5.41, 5.74) is 0. The quantitative estimate of drug-likeness (QED) is 0.0172. The van der Waals surface area contributed by atoms with E-state index in [2.05, 4.69) is 31.3 Å². The highest BCUT2D eigenvalue weighted by molar-refractivity contribution is 7.47. The molecule has 1 aliphatic rings. The fourth-order valence-corrected chi connectivity index (χ4v) is 8.22. The first-order valence-corrected chi connectivity index (χ1v) is 24.4. The summed E-state index contributed by atoms with van der Waals surface area (Å²) >= 11 is 0. The van der Waals surface area contributed by atoms with E-state index in [1.54, 1.807) is 6.08 Å². The molecule has 0 aromatic carbocycles. The summed E-state index contributed by atoms with van der Waals surface area (Å²) in [5, 5.41) is 74.3. The smallest absolute Gasteiger partial charge is 0.393 e. The summed E-state index contributed by atoms with van der Waals surface area (Å²) < 4.78 is 22.8. The normalized spacial score (nSPS) is 24.0. The number of rotatable bonds is 37. The average Bonchev–Trinajstić information content (AvgIpc) is 3.19. The summed E-state index contributed by atoms with van der Waals surface area (Å²) in [6.07, 6.45) is 22.8. The predicted molar refractivity (Wildman–Crippen MR) is 229 cm³/mol. The molecule has 58 heavy (non-hydrogen) atoms. The average molecular weight is 850 g/mol. The summed E-state index contributed by atoms with van der Waals surface area (Å²) in [6.45, 7) is 3.70. The van der Waals surface area contributed by atoms with Crippen LogP contribution in [0.3, 0.4) is 0 Å². The lowest BCUT2D eigenvalue weighted by Gasteiger charge is -2.41. The molecule has 0 bridgehead atoms. The predicted octanol–water partition coefficient (Wildman–Crippen LogP) is 7.20. The van der Waals surface area contributed by atoms with Crippen molar-refractivity contribution >= 4 is 13.7 Å². The van der Waals surface area contributed by atoms with Crippen LogP contribution in [0.1, 0.15) is 187 Å². The number of phosphoric acid groups is 1. The Labute approximate surface area is 350 Å². The van der Waals surface area contributed by atoms with Crippen molar-refractivity contribution in [1.29, 1.82) is 0 Å². The van der Waals surface area contributed by atoms with Gasteiger partial charge in [-0.25, -0.2) is 4.57 Å². The lowest BCUT2D eigenvalue weighted by atomic mass is 9.85. The number of amides is 1. The minimum Gasteiger partial charge on any atom is -0.393 e. The molecule has 8 atom stereocenters. The molecule has 14 heteroatoms. The van der Waals surface area contributed by atoms with E-state index in [-0.39, 0.29) is 6.42 Å². The number of carbonyl (C=O) groups excluding carboxylic acids is 1. The first-order chi connectivity index (χ1) is 27.8. The highest BCUT2D eigenvalue weighted by Gasteiger charge is 2.51.